The molecule has 1 aliphatic heterocycles. The molecule has 0 unspecified atom stereocenters. The minimum Gasteiger partial charge on any atom is -0.339 e. The van der Waals surface area contributed by atoms with E-state index in [4.69, 9.17) is 9.51 Å². The van der Waals surface area contributed by atoms with Gasteiger partial charge < -0.3 is 9.42 Å². The molecule has 1 atom stereocenters. The summed E-state index contributed by atoms with van der Waals surface area (Å²) < 4.78 is 5.59. The third-order valence-electron chi connectivity index (χ3n) is 6.13. The molecule has 0 N–H and O–H groups in total. The molecule has 2 fully saturated rings. The zero-order valence-corrected chi connectivity index (χ0v) is 18.5. The van der Waals surface area contributed by atoms with Crippen LogP contribution in [0.2, 0.25) is 0 Å². The molecule has 2 aliphatic rings. The molecule has 1 amide bonds. The lowest BCUT2D eigenvalue weighted by Gasteiger charge is -2.16. The Balaban J connectivity index is 1.22. The van der Waals surface area contributed by atoms with Crippen LogP contribution in [0, 0.1) is 6.92 Å². The molecule has 7 heteroatoms. The third kappa shape index (κ3) is 3.62. The van der Waals surface area contributed by atoms with E-state index in [1.165, 1.54) is 23.4 Å². The molecule has 1 saturated carbocycles. The Bertz CT molecular complexity index is 1290. The standard InChI is InChI=1S/C25H22N4O2S/c1-15-5-9-20(10-6-15)29-13-19(12-22(29)30)24-27-23(28-31-24)18-4-2-3-17(11-18)21-14-32-25(26-21)16-7-8-16/h2-6,9-11,14,16,19H,7-8,12-13H2,1H3/t19-/m1/s1. The first kappa shape index (κ1) is 19.4. The molecular weight excluding hydrogens is 420 g/mol. The molecule has 6 rings (SSSR count). The van der Waals surface area contributed by atoms with Gasteiger partial charge in [-0.3, -0.25) is 4.79 Å². The number of carbonyl (C=O) groups is 1. The van der Waals surface area contributed by atoms with Gasteiger partial charge in [0.25, 0.3) is 0 Å². The maximum absolute atomic E-state index is 12.6. The number of nitrogens with zero attached hydrogens (tertiary/aromatic N) is 4. The highest BCUT2D eigenvalue weighted by Gasteiger charge is 2.35. The lowest BCUT2D eigenvalue weighted by Crippen LogP contribution is -2.24. The molecule has 0 bridgehead atoms. The summed E-state index contributed by atoms with van der Waals surface area (Å²) in [5, 5.41) is 7.57. The fourth-order valence-electron chi connectivity index (χ4n) is 4.12. The molecule has 3 heterocycles. The van der Waals surface area contributed by atoms with Crippen LogP contribution in [0.1, 0.15) is 47.6 Å². The minimum atomic E-state index is -0.104. The molecule has 4 aromatic rings. The molecule has 160 valence electrons. The summed E-state index contributed by atoms with van der Waals surface area (Å²) in [6.45, 7) is 2.58. The van der Waals surface area contributed by atoms with E-state index in [0.29, 0.717) is 30.6 Å². The number of thiazole rings is 1. The van der Waals surface area contributed by atoms with E-state index in [-0.39, 0.29) is 11.8 Å². The van der Waals surface area contributed by atoms with Crippen molar-refractivity contribution in [2.45, 2.75) is 38.0 Å². The first-order chi connectivity index (χ1) is 15.6. The maximum Gasteiger partial charge on any atom is 0.232 e. The highest BCUT2D eigenvalue weighted by atomic mass is 32.1. The van der Waals surface area contributed by atoms with Crippen LogP contribution in [0.3, 0.4) is 0 Å². The van der Waals surface area contributed by atoms with Crippen molar-refractivity contribution in [1.82, 2.24) is 15.1 Å². The number of amides is 1. The van der Waals surface area contributed by atoms with Crippen molar-refractivity contribution in [3.8, 4) is 22.6 Å². The predicted octanol–water partition coefficient (Wildman–Crippen LogP) is 5.57. The van der Waals surface area contributed by atoms with Crippen molar-refractivity contribution < 1.29 is 9.32 Å². The molecule has 32 heavy (non-hydrogen) atoms. The number of benzene rings is 2. The van der Waals surface area contributed by atoms with Crippen LogP contribution in [0.15, 0.2) is 58.4 Å². The molecule has 1 saturated heterocycles. The fourth-order valence-corrected chi connectivity index (χ4v) is 5.12. The van der Waals surface area contributed by atoms with Gasteiger partial charge in [0.05, 0.1) is 16.6 Å². The van der Waals surface area contributed by atoms with Gasteiger partial charge in [-0.1, -0.05) is 41.1 Å². The van der Waals surface area contributed by atoms with Crippen LogP contribution in [0.5, 0.6) is 0 Å². The molecule has 1 aliphatic carbocycles. The fraction of sp³-hybridized carbons (Fsp3) is 0.280. The Kier molecular flexibility index (Phi) is 4.64. The quantitative estimate of drug-likeness (QED) is 0.404. The Morgan fingerprint density at radius 1 is 1.03 bits per heavy atom. The summed E-state index contributed by atoms with van der Waals surface area (Å²) in [5.41, 5.74) is 5.01. The minimum absolute atomic E-state index is 0.0793. The van der Waals surface area contributed by atoms with Crippen LogP contribution >= 0.6 is 11.3 Å². The number of aromatic nitrogens is 3. The van der Waals surface area contributed by atoms with E-state index < -0.39 is 0 Å². The van der Waals surface area contributed by atoms with E-state index in [1.54, 1.807) is 16.2 Å². The maximum atomic E-state index is 12.6. The van der Waals surface area contributed by atoms with Gasteiger partial charge in [0, 0.05) is 41.1 Å². The summed E-state index contributed by atoms with van der Waals surface area (Å²) in [5.74, 6) is 1.69. The lowest BCUT2D eigenvalue weighted by atomic mass is 10.1. The lowest BCUT2D eigenvalue weighted by molar-refractivity contribution is -0.117. The SMILES string of the molecule is Cc1ccc(N2C[C@H](c3nc(-c4cccc(-c5csc(C6CC6)n5)c4)no3)CC2=O)cc1. The van der Waals surface area contributed by atoms with Gasteiger partial charge in [0.1, 0.15) is 0 Å². The molecule has 6 nitrogen and oxygen atoms in total. The van der Waals surface area contributed by atoms with Gasteiger partial charge in [0.2, 0.25) is 17.6 Å². The second-order valence-corrected chi connectivity index (χ2v) is 9.51. The van der Waals surface area contributed by atoms with Crippen molar-refractivity contribution in [3.05, 3.63) is 70.4 Å². The van der Waals surface area contributed by atoms with Gasteiger partial charge in [0.15, 0.2) is 0 Å². The van der Waals surface area contributed by atoms with Crippen LogP contribution < -0.4 is 4.90 Å². The van der Waals surface area contributed by atoms with Crippen LogP contribution in [-0.2, 0) is 4.79 Å². The highest BCUT2D eigenvalue weighted by Crippen LogP contribution is 2.42. The summed E-state index contributed by atoms with van der Waals surface area (Å²) in [4.78, 5) is 23.9. The monoisotopic (exact) mass is 442 g/mol. The number of anilines is 1. The number of aryl methyl sites for hydroxylation is 1. The number of hydrogen-bond acceptors (Lipinski definition) is 6. The Labute approximate surface area is 189 Å². The van der Waals surface area contributed by atoms with Crippen LogP contribution in [0.25, 0.3) is 22.6 Å². The van der Waals surface area contributed by atoms with Gasteiger partial charge >= 0.3 is 0 Å². The second-order valence-electron chi connectivity index (χ2n) is 8.62. The van der Waals surface area contributed by atoms with Crippen molar-refractivity contribution in [1.29, 1.82) is 0 Å². The van der Waals surface area contributed by atoms with Crippen LogP contribution in [-0.4, -0.2) is 27.6 Å². The van der Waals surface area contributed by atoms with E-state index in [2.05, 4.69) is 27.7 Å². The summed E-state index contributed by atoms with van der Waals surface area (Å²) >= 11 is 1.74. The van der Waals surface area contributed by atoms with Crippen molar-refractivity contribution in [3.63, 3.8) is 0 Å². The van der Waals surface area contributed by atoms with Crippen molar-refractivity contribution in [2.24, 2.45) is 0 Å². The number of carbonyl (C=O) groups excluding carboxylic acids is 1. The van der Waals surface area contributed by atoms with Crippen molar-refractivity contribution >= 4 is 22.9 Å². The molecule has 2 aromatic carbocycles. The predicted molar refractivity (Wildman–Crippen MR) is 124 cm³/mol. The molecule has 0 radical (unpaired) electrons. The smallest absolute Gasteiger partial charge is 0.232 e. The van der Waals surface area contributed by atoms with E-state index in [0.717, 1.165) is 22.5 Å². The number of hydrogen-bond donors (Lipinski definition) is 0. The Morgan fingerprint density at radius 3 is 2.66 bits per heavy atom. The molecule has 2 aromatic heterocycles. The van der Waals surface area contributed by atoms with Gasteiger partial charge in [-0.2, -0.15) is 4.98 Å². The number of rotatable bonds is 5. The topological polar surface area (TPSA) is 72.1 Å². The summed E-state index contributed by atoms with van der Waals surface area (Å²) in [6, 6.07) is 16.1. The Morgan fingerprint density at radius 2 is 1.84 bits per heavy atom. The van der Waals surface area contributed by atoms with E-state index in [1.807, 2.05) is 43.3 Å². The highest BCUT2D eigenvalue weighted by molar-refractivity contribution is 7.10. The van der Waals surface area contributed by atoms with E-state index in [9.17, 15) is 4.79 Å². The largest absolute Gasteiger partial charge is 0.339 e. The zero-order chi connectivity index (χ0) is 21.7. The van der Waals surface area contributed by atoms with Crippen LogP contribution in [0.4, 0.5) is 5.69 Å². The average Bonchev–Trinajstić information content (AvgIpc) is 3.20. The Hall–Kier alpha value is -3.32. The molecular formula is C25H22N4O2S. The van der Waals surface area contributed by atoms with E-state index >= 15 is 0 Å². The third-order valence-corrected chi connectivity index (χ3v) is 7.13. The first-order valence-electron chi connectivity index (χ1n) is 10.9. The zero-order valence-electron chi connectivity index (χ0n) is 17.7. The molecule has 0 spiro atoms. The van der Waals surface area contributed by atoms with Crippen molar-refractivity contribution in [2.75, 3.05) is 11.4 Å². The van der Waals surface area contributed by atoms with Gasteiger partial charge in [-0.15, -0.1) is 11.3 Å². The second kappa shape index (κ2) is 7.67. The van der Waals surface area contributed by atoms with Gasteiger partial charge in [-0.05, 0) is 38.0 Å². The normalized spacial score (nSPS) is 18.5. The first-order valence-corrected chi connectivity index (χ1v) is 11.8. The summed E-state index contributed by atoms with van der Waals surface area (Å²) in [7, 11) is 0. The average molecular weight is 443 g/mol. The van der Waals surface area contributed by atoms with Gasteiger partial charge in [-0.25, -0.2) is 4.98 Å². The summed E-state index contributed by atoms with van der Waals surface area (Å²) in [6.07, 6.45) is 2.88.